The van der Waals surface area contributed by atoms with Crippen LogP contribution in [0.1, 0.15) is 48.3 Å². The zero-order valence-corrected chi connectivity index (χ0v) is 12.3. The lowest BCUT2D eigenvalue weighted by Crippen LogP contribution is -2.27. The number of aromatic carboxylic acids is 1. The number of carboxylic acids is 1. The fraction of sp³-hybridized carbons (Fsp3) is 0.375. The Bertz CT molecular complexity index is 722. The number of nitrogens with zero attached hydrogens (tertiary/aromatic N) is 1. The van der Waals surface area contributed by atoms with E-state index < -0.39 is 5.97 Å². The van der Waals surface area contributed by atoms with Crippen molar-refractivity contribution in [3.8, 4) is 0 Å². The quantitative estimate of drug-likeness (QED) is 0.856. The summed E-state index contributed by atoms with van der Waals surface area (Å²) in [5.41, 5.74) is 2.69. The van der Waals surface area contributed by atoms with E-state index in [1.165, 1.54) is 0 Å². The summed E-state index contributed by atoms with van der Waals surface area (Å²) in [7, 11) is 0. The number of hydrogen-bond acceptors (Lipinski definition) is 2. The predicted molar refractivity (Wildman–Crippen MR) is 79.7 cm³/mol. The normalized spacial score (nSPS) is 16.9. The average Bonchev–Trinajstić information content (AvgIpc) is 2.37. The highest BCUT2D eigenvalue weighted by Crippen LogP contribution is 2.40. The minimum Gasteiger partial charge on any atom is -0.478 e. The molecule has 0 bridgehead atoms. The van der Waals surface area contributed by atoms with Crippen molar-refractivity contribution < 1.29 is 9.90 Å². The van der Waals surface area contributed by atoms with Crippen LogP contribution in [0.3, 0.4) is 0 Å². The maximum Gasteiger partial charge on any atom is 0.336 e. The van der Waals surface area contributed by atoms with E-state index in [0.717, 1.165) is 30.5 Å². The fourth-order valence-corrected chi connectivity index (χ4v) is 3.44. The predicted octanol–water partition coefficient (Wildman–Crippen LogP) is 4.20. The van der Waals surface area contributed by atoms with Crippen molar-refractivity contribution >= 4 is 28.5 Å². The zero-order valence-electron chi connectivity index (χ0n) is 11.5. The molecule has 1 aliphatic rings. The molecule has 0 amide bonds. The van der Waals surface area contributed by atoms with Gasteiger partial charge in [0.25, 0.3) is 0 Å². The number of fused-ring (bicyclic) bond motifs is 2. The van der Waals surface area contributed by atoms with Crippen LogP contribution in [-0.2, 0) is 11.8 Å². The summed E-state index contributed by atoms with van der Waals surface area (Å²) in [5.74, 6) is -0.917. The molecule has 1 heterocycles. The van der Waals surface area contributed by atoms with Crippen molar-refractivity contribution in [2.45, 2.75) is 38.5 Å². The van der Waals surface area contributed by atoms with E-state index in [0.29, 0.717) is 21.5 Å². The summed E-state index contributed by atoms with van der Waals surface area (Å²) in [6, 6.07) is 5.36. The van der Waals surface area contributed by atoms with Crippen molar-refractivity contribution in [2.75, 3.05) is 0 Å². The maximum absolute atomic E-state index is 11.8. The molecule has 4 heteroatoms. The van der Waals surface area contributed by atoms with Gasteiger partial charge in [-0.15, -0.1) is 0 Å². The van der Waals surface area contributed by atoms with Gasteiger partial charge in [-0.25, -0.2) is 4.79 Å². The van der Waals surface area contributed by atoms with Crippen molar-refractivity contribution in [3.63, 3.8) is 0 Å². The van der Waals surface area contributed by atoms with Crippen LogP contribution in [0.2, 0.25) is 5.02 Å². The first-order valence-electron chi connectivity index (χ1n) is 6.77. The molecule has 3 rings (SSSR count). The highest BCUT2D eigenvalue weighted by Gasteiger charge is 2.33. The molecule has 2 aromatic rings. The summed E-state index contributed by atoms with van der Waals surface area (Å²) < 4.78 is 0. The van der Waals surface area contributed by atoms with Gasteiger partial charge in [0.15, 0.2) is 0 Å². The topological polar surface area (TPSA) is 50.2 Å². The molecular weight excluding hydrogens is 274 g/mol. The smallest absolute Gasteiger partial charge is 0.336 e. The van der Waals surface area contributed by atoms with Crippen LogP contribution in [0.4, 0.5) is 0 Å². The summed E-state index contributed by atoms with van der Waals surface area (Å²) in [5, 5.41) is 10.7. The Hall–Kier alpha value is -1.61. The Labute approximate surface area is 122 Å². The van der Waals surface area contributed by atoms with Gasteiger partial charge in [-0.3, -0.25) is 4.98 Å². The van der Waals surface area contributed by atoms with E-state index in [2.05, 4.69) is 13.8 Å². The average molecular weight is 290 g/mol. The van der Waals surface area contributed by atoms with Crippen LogP contribution >= 0.6 is 11.6 Å². The Kier molecular flexibility index (Phi) is 2.98. The number of benzene rings is 1. The zero-order chi connectivity index (χ0) is 14.5. The molecule has 0 fully saturated rings. The van der Waals surface area contributed by atoms with Gasteiger partial charge in [-0.2, -0.15) is 0 Å². The first-order valence-corrected chi connectivity index (χ1v) is 7.14. The molecule has 3 nitrogen and oxygen atoms in total. The summed E-state index contributed by atoms with van der Waals surface area (Å²) in [6.45, 7) is 4.25. The second-order valence-corrected chi connectivity index (χ2v) is 6.40. The van der Waals surface area contributed by atoms with Crippen LogP contribution in [0.5, 0.6) is 0 Å². The van der Waals surface area contributed by atoms with Crippen molar-refractivity contribution in [1.29, 1.82) is 0 Å². The highest BCUT2D eigenvalue weighted by molar-refractivity contribution is 6.36. The lowest BCUT2D eigenvalue weighted by atomic mass is 9.74. The first-order chi connectivity index (χ1) is 9.42. The van der Waals surface area contributed by atoms with Crippen LogP contribution < -0.4 is 0 Å². The lowest BCUT2D eigenvalue weighted by molar-refractivity contribution is 0.0697. The molecular formula is C16H16ClNO2. The number of aromatic nitrogens is 1. The molecule has 0 aliphatic heterocycles. The summed E-state index contributed by atoms with van der Waals surface area (Å²) >= 11 is 6.22. The number of hydrogen-bond donors (Lipinski definition) is 1. The molecule has 0 atom stereocenters. The van der Waals surface area contributed by atoms with Gasteiger partial charge < -0.3 is 5.11 Å². The Balaban J connectivity index is 2.49. The third-order valence-corrected chi connectivity index (χ3v) is 4.46. The van der Waals surface area contributed by atoms with Gasteiger partial charge >= 0.3 is 5.97 Å². The van der Waals surface area contributed by atoms with Crippen molar-refractivity contribution in [1.82, 2.24) is 4.98 Å². The number of carboxylic acid groups (broad SMARTS) is 1. The monoisotopic (exact) mass is 289 g/mol. The third-order valence-electron chi connectivity index (χ3n) is 4.14. The van der Waals surface area contributed by atoms with Gasteiger partial charge in [0.2, 0.25) is 0 Å². The number of pyridine rings is 1. The largest absolute Gasteiger partial charge is 0.478 e. The van der Waals surface area contributed by atoms with Crippen LogP contribution in [0.25, 0.3) is 10.9 Å². The molecule has 1 aliphatic carbocycles. The minimum absolute atomic E-state index is 0.0890. The van der Waals surface area contributed by atoms with Crippen LogP contribution in [0.15, 0.2) is 18.2 Å². The number of carbonyl (C=O) groups is 1. The van der Waals surface area contributed by atoms with Gasteiger partial charge in [0.05, 0.1) is 21.8 Å². The van der Waals surface area contributed by atoms with Gasteiger partial charge in [0, 0.05) is 10.8 Å². The molecule has 1 aromatic heterocycles. The molecule has 0 spiro atoms. The van der Waals surface area contributed by atoms with Gasteiger partial charge in [-0.1, -0.05) is 31.5 Å². The SMILES string of the molecule is CC1(C)CCCc2c1nc1cccc(Cl)c1c2C(=O)O. The third kappa shape index (κ3) is 1.88. The second kappa shape index (κ2) is 4.45. The van der Waals surface area contributed by atoms with E-state index >= 15 is 0 Å². The molecule has 0 saturated carbocycles. The second-order valence-electron chi connectivity index (χ2n) is 5.99. The minimum atomic E-state index is -0.917. The summed E-state index contributed by atoms with van der Waals surface area (Å²) in [6.07, 6.45) is 2.77. The molecule has 20 heavy (non-hydrogen) atoms. The van der Waals surface area contributed by atoms with Crippen molar-refractivity contribution in [3.05, 3.63) is 40.0 Å². The van der Waals surface area contributed by atoms with Crippen LogP contribution in [0, 0.1) is 0 Å². The van der Waals surface area contributed by atoms with E-state index in [1.54, 1.807) is 6.07 Å². The molecule has 0 radical (unpaired) electrons. The fourth-order valence-electron chi connectivity index (χ4n) is 3.18. The number of halogens is 1. The molecule has 1 N–H and O–H groups in total. The molecule has 0 saturated heterocycles. The van der Waals surface area contributed by atoms with Crippen molar-refractivity contribution in [2.24, 2.45) is 0 Å². The maximum atomic E-state index is 11.8. The van der Waals surface area contributed by atoms with Gasteiger partial charge in [-0.05, 0) is 37.0 Å². The first kappa shape index (κ1) is 13.4. The molecule has 1 aromatic carbocycles. The van der Waals surface area contributed by atoms with E-state index in [9.17, 15) is 9.90 Å². The Morgan fingerprint density at radius 2 is 2.15 bits per heavy atom. The highest BCUT2D eigenvalue weighted by atomic mass is 35.5. The Morgan fingerprint density at radius 3 is 2.85 bits per heavy atom. The van der Waals surface area contributed by atoms with E-state index in [-0.39, 0.29) is 5.41 Å². The molecule has 104 valence electrons. The van der Waals surface area contributed by atoms with E-state index in [1.807, 2.05) is 12.1 Å². The Morgan fingerprint density at radius 1 is 1.40 bits per heavy atom. The van der Waals surface area contributed by atoms with Gasteiger partial charge in [0.1, 0.15) is 0 Å². The number of rotatable bonds is 1. The lowest BCUT2D eigenvalue weighted by Gasteiger charge is -2.32. The standard InChI is InChI=1S/C16H16ClNO2/c1-16(2)8-4-5-9-12(15(19)20)13-10(17)6-3-7-11(13)18-14(9)16/h3,6-7H,4-5,8H2,1-2H3,(H,19,20). The van der Waals surface area contributed by atoms with Crippen LogP contribution in [-0.4, -0.2) is 16.1 Å². The summed E-state index contributed by atoms with van der Waals surface area (Å²) in [4.78, 5) is 16.5. The van der Waals surface area contributed by atoms with E-state index in [4.69, 9.17) is 16.6 Å². The molecule has 0 unspecified atom stereocenters.